The first-order chi connectivity index (χ1) is 9.74. The summed E-state index contributed by atoms with van der Waals surface area (Å²) in [7, 11) is 0. The standard InChI is InChI=1S/C15H23N3O2/c1-11-16-15(20-17-11)13-7-4-10-18(13)14(19)9-8-12-5-2-3-6-12/h12-13H,2-10H2,1H3. The molecule has 1 aliphatic heterocycles. The van der Waals surface area contributed by atoms with Crippen LogP contribution in [0.25, 0.3) is 0 Å². The van der Waals surface area contributed by atoms with Crippen molar-refractivity contribution in [3.05, 3.63) is 11.7 Å². The number of nitrogens with zero attached hydrogens (tertiary/aromatic N) is 3. The number of carbonyl (C=O) groups is 1. The predicted molar refractivity (Wildman–Crippen MR) is 73.9 cm³/mol. The van der Waals surface area contributed by atoms with Crippen LogP contribution in [-0.2, 0) is 4.79 Å². The molecule has 5 nitrogen and oxygen atoms in total. The monoisotopic (exact) mass is 277 g/mol. The van der Waals surface area contributed by atoms with Gasteiger partial charge < -0.3 is 9.42 Å². The molecule has 0 radical (unpaired) electrons. The molecule has 2 aliphatic rings. The number of carbonyl (C=O) groups excluding carboxylic acids is 1. The molecule has 1 saturated heterocycles. The van der Waals surface area contributed by atoms with Crippen LogP contribution in [0.3, 0.4) is 0 Å². The molecule has 1 aromatic heterocycles. The lowest BCUT2D eigenvalue weighted by molar-refractivity contribution is -0.132. The molecule has 0 spiro atoms. The van der Waals surface area contributed by atoms with Crippen molar-refractivity contribution in [1.82, 2.24) is 15.0 Å². The topological polar surface area (TPSA) is 59.2 Å². The van der Waals surface area contributed by atoms with Gasteiger partial charge in [-0.3, -0.25) is 4.79 Å². The molecular weight excluding hydrogens is 254 g/mol. The number of amides is 1. The molecule has 2 heterocycles. The minimum atomic E-state index is 0.00674. The summed E-state index contributed by atoms with van der Waals surface area (Å²) in [5.74, 6) is 2.28. The second kappa shape index (κ2) is 5.94. The Morgan fingerprint density at radius 2 is 2.10 bits per heavy atom. The van der Waals surface area contributed by atoms with Gasteiger partial charge in [0.1, 0.15) is 6.04 Å². The Morgan fingerprint density at radius 1 is 1.30 bits per heavy atom. The molecular formula is C15H23N3O2. The Morgan fingerprint density at radius 3 is 2.80 bits per heavy atom. The van der Waals surface area contributed by atoms with E-state index in [1.807, 2.05) is 11.8 Å². The van der Waals surface area contributed by atoms with Crippen LogP contribution < -0.4 is 0 Å². The first-order valence-electron chi connectivity index (χ1n) is 7.83. The molecule has 1 aromatic rings. The Balaban J connectivity index is 1.58. The van der Waals surface area contributed by atoms with Crippen LogP contribution in [0, 0.1) is 12.8 Å². The van der Waals surface area contributed by atoms with Gasteiger partial charge in [-0.15, -0.1) is 0 Å². The third-order valence-corrected chi connectivity index (χ3v) is 4.64. The third kappa shape index (κ3) is 2.86. The van der Waals surface area contributed by atoms with Crippen LogP contribution >= 0.6 is 0 Å². The summed E-state index contributed by atoms with van der Waals surface area (Å²) in [6, 6.07) is 0.00674. The molecule has 1 atom stereocenters. The zero-order chi connectivity index (χ0) is 13.9. The summed E-state index contributed by atoms with van der Waals surface area (Å²) < 4.78 is 5.25. The van der Waals surface area contributed by atoms with Gasteiger partial charge in [0.05, 0.1) is 0 Å². The summed E-state index contributed by atoms with van der Waals surface area (Å²) in [6.07, 6.45) is 8.98. The molecule has 110 valence electrons. The smallest absolute Gasteiger partial charge is 0.249 e. The van der Waals surface area contributed by atoms with Gasteiger partial charge in [0.2, 0.25) is 11.8 Å². The molecule has 0 bridgehead atoms. The fourth-order valence-electron chi connectivity index (χ4n) is 3.54. The fraction of sp³-hybridized carbons (Fsp3) is 0.800. The van der Waals surface area contributed by atoms with Crippen LogP contribution in [0.4, 0.5) is 0 Å². The highest BCUT2D eigenvalue weighted by atomic mass is 16.5. The molecule has 0 aromatic carbocycles. The molecule has 0 N–H and O–H groups in total. The van der Waals surface area contributed by atoms with Gasteiger partial charge in [-0.05, 0) is 32.1 Å². The van der Waals surface area contributed by atoms with Crippen molar-refractivity contribution in [2.24, 2.45) is 5.92 Å². The molecule has 20 heavy (non-hydrogen) atoms. The van der Waals surface area contributed by atoms with Gasteiger partial charge in [-0.1, -0.05) is 30.8 Å². The lowest BCUT2D eigenvalue weighted by atomic mass is 10.0. The molecule has 1 amide bonds. The van der Waals surface area contributed by atoms with Crippen molar-refractivity contribution >= 4 is 5.91 Å². The van der Waals surface area contributed by atoms with E-state index in [0.717, 1.165) is 31.7 Å². The van der Waals surface area contributed by atoms with Gasteiger partial charge in [-0.25, -0.2) is 0 Å². The van der Waals surface area contributed by atoms with Gasteiger partial charge in [0, 0.05) is 13.0 Å². The van der Waals surface area contributed by atoms with Crippen LogP contribution in [0.5, 0.6) is 0 Å². The first-order valence-corrected chi connectivity index (χ1v) is 7.83. The Bertz CT molecular complexity index is 465. The van der Waals surface area contributed by atoms with Crippen molar-refractivity contribution < 1.29 is 9.32 Å². The van der Waals surface area contributed by atoms with Crippen LogP contribution in [-0.4, -0.2) is 27.5 Å². The molecule has 2 fully saturated rings. The van der Waals surface area contributed by atoms with Crippen LogP contribution in [0.15, 0.2) is 4.52 Å². The zero-order valence-corrected chi connectivity index (χ0v) is 12.2. The molecule has 1 saturated carbocycles. The summed E-state index contributed by atoms with van der Waals surface area (Å²) in [5, 5.41) is 3.84. The van der Waals surface area contributed by atoms with E-state index in [1.165, 1.54) is 25.7 Å². The summed E-state index contributed by atoms with van der Waals surface area (Å²) in [6.45, 7) is 2.64. The van der Waals surface area contributed by atoms with Crippen molar-refractivity contribution in [1.29, 1.82) is 0 Å². The minimum Gasteiger partial charge on any atom is -0.337 e. The second-order valence-corrected chi connectivity index (χ2v) is 6.11. The zero-order valence-electron chi connectivity index (χ0n) is 12.2. The van der Waals surface area contributed by atoms with E-state index >= 15 is 0 Å². The third-order valence-electron chi connectivity index (χ3n) is 4.64. The highest BCUT2D eigenvalue weighted by molar-refractivity contribution is 5.76. The van der Waals surface area contributed by atoms with Crippen molar-refractivity contribution in [2.45, 2.75) is 64.3 Å². The number of aryl methyl sites for hydroxylation is 1. The van der Waals surface area contributed by atoms with E-state index in [2.05, 4.69) is 10.1 Å². The largest absolute Gasteiger partial charge is 0.337 e. The SMILES string of the molecule is Cc1noc(C2CCCN2C(=O)CCC2CCCC2)n1. The van der Waals surface area contributed by atoms with E-state index in [-0.39, 0.29) is 11.9 Å². The number of hydrogen-bond acceptors (Lipinski definition) is 4. The van der Waals surface area contributed by atoms with E-state index in [1.54, 1.807) is 0 Å². The van der Waals surface area contributed by atoms with E-state index < -0.39 is 0 Å². The van der Waals surface area contributed by atoms with Gasteiger partial charge in [-0.2, -0.15) is 4.98 Å². The molecule has 5 heteroatoms. The number of aromatic nitrogens is 2. The number of rotatable bonds is 4. The van der Waals surface area contributed by atoms with E-state index in [9.17, 15) is 4.79 Å². The predicted octanol–water partition coefficient (Wildman–Crippen LogP) is 3.01. The van der Waals surface area contributed by atoms with Crippen LogP contribution in [0.1, 0.15) is 69.1 Å². The normalized spacial score (nSPS) is 23.6. The Labute approximate surface area is 119 Å². The summed E-state index contributed by atoms with van der Waals surface area (Å²) in [4.78, 5) is 18.7. The average Bonchev–Trinajstić information content (AvgIpc) is 3.16. The van der Waals surface area contributed by atoms with Gasteiger partial charge >= 0.3 is 0 Å². The maximum absolute atomic E-state index is 12.4. The lowest BCUT2D eigenvalue weighted by Crippen LogP contribution is -2.30. The summed E-state index contributed by atoms with van der Waals surface area (Å²) in [5.41, 5.74) is 0. The molecule has 1 aliphatic carbocycles. The quantitative estimate of drug-likeness (QED) is 0.848. The Kier molecular flexibility index (Phi) is 4.03. The van der Waals surface area contributed by atoms with Gasteiger partial charge in [0.15, 0.2) is 5.82 Å². The highest BCUT2D eigenvalue weighted by Crippen LogP contribution is 2.33. The first kappa shape index (κ1) is 13.6. The number of likely N-dealkylation sites (tertiary alicyclic amines) is 1. The van der Waals surface area contributed by atoms with Crippen molar-refractivity contribution in [3.8, 4) is 0 Å². The number of hydrogen-bond donors (Lipinski definition) is 0. The summed E-state index contributed by atoms with van der Waals surface area (Å²) >= 11 is 0. The maximum Gasteiger partial charge on any atom is 0.249 e. The van der Waals surface area contributed by atoms with E-state index in [4.69, 9.17) is 4.52 Å². The van der Waals surface area contributed by atoms with Crippen LogP contribution in [0.2, 0.25) is 0 Å². The highest BCUT2D eigenvalue weighted by Gasteiger charge is 2.33. The van der Waals surface area contributed by atoms with Gasteiger partial charge in [0.25, 0.3) is 0 Å². The van der Waals surface area contributed by atoms with Crippen molar-refractivity contribution in [2.75, 3.05) is 6.54 Å². The average molecular weight is 277 g/mol. The molecule has 1 unspecified atom stereocenters. The maximum atomic E-state index is 12.4. The molecule has 3 rings (SSSR count). The lowest BCUT2D eigenvalue weighted by Gasteiger charge is -2.22. The second-order valence-electron chi connectivity index (χ2n) is 6.11. The minimum absolute atomic E-state index is 0.00674. The Hall–Kier alpha value is -1.39. The van der Waals surface area contributed by atoms with E-state index in [0.29, 0.717) is 18.1 Å². The van der Waals surface area contributed by atoms with Crippen molar-refractivity contribution in [3.63, 3.8) is 0 Å². The fourth-order valence-corrected chi connectivity index (χ4v) is 3.54.